The molecule has 0 bridgehead atoms. The second-order valence-corrected chi connectivity index (χ2v) is 6.41. The number of nitro benzene ring substituents is 1. The van der Waals surface area contributed by atoms with E-state index < -0.39 is 10.9 Å². The lowest BCUT2D eigenvalue weighted by Crippen LogP contribution is -2.33. The Morgan fingerprint density at radius 3 is 2.89 bits per heavy atom. The highest BCUT2D eigenvalue weighted by molar-refractivity contribution is 6.16. The van der Waals surface area contributed by atoms with Crippen molar-refractivity contribution in [2.75, 3.05) is 20.3 Å². The third-order valence-electron chi connectivity index (χ3n) is 4.70. The van der Waals surface area contributed by atoms with Crippen LogP contribution in [-0.4, -0.2) is 48.1 Å². The number of benzene rings is 1. The number of esters is 1. The van der Waals surface area contributed by atoms with Gasteiger partial charge in [-0.05, 0) is 31.4 Å². The molecule has 0 aromatic heterocycles. The summed E-state index contributed by atoms with van der Waals surface area (Å²) >= 11 is 0. The van der Waals surface area contributed by atoms with Gasteiger partial charge >= 0.3 is 5.97 Å². The van der Waals surface area contributed by atoms with Crippen LogP contribution in [0.15, 0.2) is 41.1 Å². The Morgan fingerprint density at radius 1 is 1.48 bits per heavy atom. The standard InChI is InChI=1S/C19H20N2O6/c1-12-17(19(23)26-2)16(10-13-5-3-6-14(9-13)21(24)25)18(22)20(12)11-15-7-4-8-27-15/h3,5-6,9-10,15H,4,7-8,11H2,1-2H3. The number of carbonyl (C=O) groups excluding carboxylic acids is 2. The third-order valence-corrected chi connectivity index (χ3v) is 4.70. The summed E-state index contributed by atoms with van der Waals surface area (Å²) in [6, 6.07) is 5.89. The van der Waals surface area contributed by atoms with Crippen LogP contribution in [0.3, 0.4) is 0 Å². The quantitative estimate of drug-likeness (QED) is 0.341. The molecule has 0 aliphatic carbocycles. The van der Waals surface area contributed by atoms with Crippen molar-refractivity contribution in [3.05, 3.63) is 56.8 Å². The molecular weight excluding hydrogens is 352 g/mol. The highest BCUT2D eigenvalue weighted by Crippen LogP contribution is 2.33. The SMILES string of the molecule is COC(=O)C1=C(C)N(CC2CCCO2)C(=O)C1=Cc1cccc([N+](=O)[O-])c1. The van der Waals surface area contributed by atoms with Gasteiger partial charge in [0.1, 0.15) is 0 Å². The predicted molar refractivity (Wildman–Crippen MR) is 96.5 cm³/mol. The topological polar surface area (TPSA) is 99.0 Å². The van der Waals surface area contributed by atoms with Gasteiger partial charge in [-0.2, -0.15) is 0 Å². The molecule has 3 rings (SSSR count). The van der Waals surface area contributed by atoms with Crippen molar-refractivity contribution < 1.29 is 24.0 Å². The van der Waals surface area contributed by atoms with E-state index in [2.05, 4.69) is 0 Å². The molecule has 0 N–H and O–H groups in total. The van der Waals surface area contributed by atoms with E-state index in [1.165, 1.54) is 36.3 Å². The number of rotatable bonds is 5. The van der Waals surface area contributed by atoms with E-state index >= 15 is 0 Å². The van der Waals surface area contributed by atoms with E-state index in [1.807, 2.05) is 0 Å². The van der Waals surface area contributed by atoms with Crippen LogP contribution in [0, 0.1) is 10.1 Å². The molecule has 8 nitrogen and oxygen atoms in total. The monoisotopic (exact) mass is 372 g/mol. The Bertz CT molecular complexity index is 852. The van der Waals surface area contributed by atoms with Gasteiger partial charge in [-0.25, -0.2) is 4.79 Å². The zero-order valence-corrected chi connectivity index (χ0v) is 15.1. The normalized spacial score (nSPS) is 21.3. The summed E-state index contributed by atoms with van der Waals surface area (Å²) in [5.74, 6) is -0.956. The first-order valence-corrected chi connectivity index (χ1v) is 8.61. The lowest BCUT2D eigenvalue weighted by molar-refractivity contribution is -0.384. The number of non-ortho nitro benzene ring substituents is 1. The Kier molecular flexibility index (Phi) is 5.36. The molecule has 0 radical (unpaired) electrons. The number of nitrogens with zero attached hydrogens (tertiary/aromatic N) is 2. The van der Waals surface area contributed by atoms with Crippen LogP contribution >= 0.6 is 0 Å². The Morgan fingerprint density at radius 2 is 2.26 bits per heavy atom. The second kappa shape index (κ2) is 7.71. The minimum absolute atomic E-state index is 0.0695. The van der Waals surface area contributed by atoms with Crippen molar-refractivity contribution in [2.45, 2.75) is 25.9 Å². The Hall–Kier alpha value is -3.00. The summed E-state index contributed by atoms with van der Waals surface area (Å²) in [5.41, 5.74) is 1.20. The predicted octanol–water partition coefficient (Wildman–Crippen LogP) is 2.45. The van der Waals surface area contributed by atoms with Crippen molar-refractivity contribution >= 4 is 23.6 Å². The van der Waals surface area contributed by atoms with E-state index in [0.29, 0.717) is 24.4 Å². The van der Waals surface area contributed by atoms with Crippen molar-refractivity contribution in [3.8, 4) is 0 Å². The van der Waals surface area contributed by atoms with Gasteiger partial charge in [-0.1, -0.05) is 12.1 Å². The Labute approximate surface area is 156 Å². The van der Waals surface area contributed by atoms with Crippen LogP contribution in [0.25, 0.3) is 6.08 Å². The first kappa shape index (κ1) is 18.8. The summed E-state index contributed by atoms with van der Waals surface area (Å²) in [6.45, 7) is 2.71. The first-order valence-electron chi connectivity index (χ1n) is 8.61. The molecule has 1 amide bonds. The highest BCUT2D eigenvalue weighted by atomic mass is 16.6. The molecule has 0 saturated carbocycles. The van der Waals surface area contributed by atoms with Gasteiger partial charge in [0.2, 0.25) is 0 Å². The van der Waals surface area contributed by atoms with Crippen molar-refractivity contribution in [3.63, 3.8) is 0 Å². The van der Waals surface area contributed by atoms with Gasteiger partial charge in [0.15, 0.2) is 0 Å². The molecular formula is C19H20N2O6. The van der Waals surface area contributed by atoms with Gasteiger partial charge in [0.25, 0.3) is 11.6 Å². The molecule has 1 saturated heterocycles. The maximum atomic E-state index is 13.0. The number of methoxy groups -OCH3 is 1. The number of ether oxygens (including phenoxy) is 2. The summed E-state index contributed by atoms with van der Waals surface area (Å²) < 4.78 is 10.4. The average molecular weight is 372 g/mol. The Balaban J connectivity index is 1.99. The van der Waals surface area contributed by atoms with Crippen LogP contribution in [0.2, 0.25) is 0 Å². The van der Waals surface area contributed by atoms with Crippen LogP contribution in [-0.2, 0) is 19.1 Å². The molecule has 2 heterocycles. The molecule has 2 aliphatic rings. The van der Waals surface area contributed by atoms with Gasteiger partial charge < -0.3 is 14.4 Å². The van der Waals surface area contributed by atoms with E-state index in [9.17, 15) is 19.7 Å². The molecule has 1 unspecified atom stereocenters. The minimum Gasteiger partial charge on any atom is -0.465 e. The van der Waals surface area contributed by atoms with Crippen LogP contribution in [0.4, 0.5) is 5.69 Å². The molecule has 1 atom stereocenters. The first-order chi connectivity index (χ1) is 12.9. The van der Waals surface area contributed by atoms with Gasteiger partial charge in [-0.15, -0.1) is 0 Å². The summed E-state index contributed by atoms with van der Waals surface area (Å²) in [6.07, 6.45) is 3.21. The van der Waals surface area contributed by atoms with E-state index in [-0.39, 0.29) is 28.8 Å². The number of nitro groups is 1. The molecule has 2 aliphatic heterocycles. The number of hydrogen-bond acceptors (Lipinski definition) is 6. The van der Waals surface area contributed by atoms with Crippen molar-refractivity contribution in [2.24, 2.45) is 0 Å². The van der Waals surface area contributed by atoms with Gasteiger partial charge in [0, 0.05) is 24.4 Å². The number of hydrogen-bond donors (Lipinski definition) is 0. The minimum atomic E-state index is -0.618. The van der Waals surface area contributed by atoms with E-state index in [1.54, 1.807) is 13.0 Å². The number of carbonyl (C=O) groups is 2. The number of allylic oxidation sites excluding steroid dienone is 1. The van der Waals surface area contributed by atoms with Crippen molar-refractivity contribution in [1.82, 2.24) is 4.90 Å². The fourth-order valence-corrected chi connectivity index (χ4v) is 3.33. The molecule has 27 heavy (non-hydrogen) atoms. The lowest BCUT2D eigenvalue weighted by atomic mass is 10.0. The summed E-state index contributed by atoms with van der Waals surface area (Å²) in [7, 11) is 1.25. The molecule has 8 heteroatoms. The van der Waals surface area contributed by atoms with E-state index in [0.717, 1.165) is 12.8 Å². The molecule has 1 aromatic rings. The maximum Gasteiger partial charge on any atom is 0.340 e. The van der Waals surface area contributed by atoms with Crippen LogP contribution < -0.4 is 0 Å². The van der Waals surface area contributed by atoms with Crippen LogP contribution in [0.1, 0.15) is 25.3 Å². The van der Waals surface area contributed by atoms with E-state index in [4.69, 9.17) is 9.47 Å². The van der Waals surface area contributed by atoms with Gasteiger partial charge in [0.05, 0.1) is 35.8 Å². The van der Waals surface area contributed by atoms with Crippen molar-refractivity contribution in [1.29, 1.82) is 0 Å². The molecule has 1 aromatic carbocycles. The summed E-state index contributed by atoms with van der Waals surface area (Å²) in [4.78, 5) is 37.3. The third kappa shape index (κ3) is 3.75. The zero-order valence-electron chi connectivity index (χ0n) is 15.1. The smallest absolute Gasteiger partial charge is 0.340 e. The molecule has 0 spiro atoms. The lowest BCUT2D eigenvalue weighted by Gasteiger charge is -2.21. The maximum absolute atomic E-state index is 13.0. The average Bonchev–Trinajstić information content (AvgIpc) is 3.24. The zero-order chi connectivity index (χ0) is 19.6. The molecule has 1 fully saturated rings. The fraction of sp³-hybridized carbons (Fsp3) is 0.368. The fourth-order valence-electron chi connectivity index (χ4n) is 3.33. The second-order valence-electron chi connectivity index (χ2n) is 6.41. The number of amides is 1. The highest BCUT2D eigenvalue weighted by Gasteiger charge is 2.38. The summed E-state index contributed by atoms with van der Waals surface area (Å²) in [5, 5.41) is 11.0. The molecule has 142 valence electrons. The largest absolute Gasteiger partial charge is 0.465 e. The van der Waals surface area contributed by atoms with Crippen LogP contribution in [0.5, 0.6) is 0 Å². The van der Waals surface area contributed by atoms with Gasteiger partial charge in [-0.3, -0.25) is 14.9 Å².